The zero-order valence-electron chi connectivity index (χ0n) is 70.1. The van der Waals surface area contributed by atoms with Crippen LogP contribution in [0.1, 0.15) is 192 Å². The van der Waals surface area contributed by atoms with Gasteiger partial charge in [0.05, 0.1) is 57.4 Å². The molecule has 17 rings (SSSR count). The number of aromatic carboxylic acids is 1. The summed E-state index contributed by atoms with van der Waals surface area (Å²) in [6.07, 6.45) is 24.2. The van der Waals surface area contributed by atoms with Gasteiger partial charge in [-0.25, -0.2) is 28.8 Å². The number of halogens is 3. The number of nitrogens with one attached hydrogen (secondary N) is 1. The summed E-state index contributed by atoms with van der Waals surface area (Å²) in [6, 6.07) is 47.6. The maximum absolute atomic E-state index is 12.1. The van der Waals surface area contributed by atoms with E-state index in [-0.39, 0.29) is 155 Å². The number of aromatic amines is 1. The average Bonchev–Trinajstić information content (AvgIpc) is 1.63. The maximum atomic E-state index is 12.1. The maximum Gasteiger partial charge on any atom is 1.00 e. The first-order valence-electron chi connectivity index (χ1n) is 39.8. The van der Waals surface area contributed by atoms with Gasteiger partial charge >= 0.3 is 160 Å². The SMILES string of the molecule is CCOC(=O)c1cn(C2CC2)nc1-c1ccccc1.CCOC(=O)c1cn(C2CC2)nc1I.CCOC(=O)c1cn(CC2CC2)nc1-c1ccccc1.CCOC(=O)c1cn(CC2CC2)nc1I.CCOC(=O)c1cn[nH]c1I.O=C(O)c1cn(C2CC2)nc1-c1ccccc1.OB(O)C1CC1.OB(O)c1ccccc1.OB(O)c1ccccc1.[K+].[K+].[OH-].[OH-]. The van der Waals surface area contributed by atoms with Gasteiger partial charge in [-0.1, -0.05) is 165 Å². The Morgan fingerprint density at radius 2 is 0.685 bits per heavy atom. The number of esters is 5. The van der Waals surface area contributed by atoms with E-state index in [1.807, 2.05) is 171 Å². The number of carboxylic acids is 1. The van der Waals surface area contributed by atoms with Crippen molar-refractivity contribution in [3.63, 3.8) is 0 Å². The van der Waals surface area contributed by atoms with Crippen molar-refractivity contribution in [3.8, 4) is 33.8 Å². The topological polar surface area (TPSA) is 468 Å². The number of ether oxygens (including phenoxy) is 5. The Morgan fingerprint density at radius 1 is 0.387 bits per heavy atom. The summed E-state index contributed by atoms with van der Waals surface area (Å²) in [7, 11) is -3.72. The van der Waals surface area contributed by atoms with E-state index in [0.717, 1.165) is 81.6 Å². The molecule has 648 valence electrons. The Hall–Kier alpha value is -6.48. The molecule has 6 saturated carbocycles. The zero-order valence-corrected chi connectivity index (χ0v) is 82.8. The third-order valence-corrected chi connectivity index (χ3v) is 20.8. The molecular weight excluding hydrogens is 1990 g/mol. The largest absolute Gasteiger partial charge is 1.00 e. The molecule has 0 bridgehead atoms. The molecule has 0 unspecified atom stereocenters. The molecule has 11 aromatic rings. The molecule has 10 N–H and O–H groups in total. The molecule has 6 fully saturated rings. The quantitative estimate of drug-likeness (QED) is 0.0147. The van der Waals surface area contributed by atoms with Crippen molar-refractivity contribution >= 4 is 136 Å². The number of carbonyl (C=O) groups excluding carboxylic acids is 5. The first-order valence-corrected chi connectivity index (χ1v) is 43.0. The molecule has 32 nitrogen and oxygen atoms in total. The van der Waals surface area contributed by atoms with Crippen molar-refractivity contribution in [1.82, 2.24) is 59.1 Å². The summed E-state index contributed by atoms with van der Waals surface area (Å²) in [5.74, 6) is -0.704. The van der Waals surface area contributed by atoms with E-state index in [4.69, 9.17) is 53.8 Å². The van der Waals surface area contributed by atoms with Crippen LogP contribution in [0.5, 0.6) is 0 Å². The van der Waals surface area contributed by atoms with Gasteiger partial charge in [-0.2, -0.15) is 30.6 Å². The Bertz CT molecular complexity index is 4990. The van der Waals surface area contributed by atoms with Gasteiger partial charge in [0.15, 0.2) is 0 Å². The van der Waals surface area contributed by atoms with E-state index in [9.17, 15) is 33.9 Å². The van der Waals surface area contributed by atoms with Crippen LogP contribution in [0.3, 0.4) is 0 Å². The first kappa shape index (κ1) is 108. The first-order chi connectivity index (χ1) is 57.9. The van der Waals surface area contributed by atoms with Crippen molar-refractivity contribution in [2.45, 2.75) is 149 Å². The van der Waals surface area contributed by atoms with Crippen LogP contribution in [0, 0.1) is 22.9 Å². The molecule has 6 aliphatic carbocycles. The van der Waals surface area contributed by atoms with Crippen LogP contribution < -0.4 is 114 Å². The van der Waals surface area contributed by atoms with Crippen LogP contribution in [-0.4, -0.2) is 196 Å². The van der Waals surface area contributed by atoms with Crippen molar-refractivity contribution < 1.29 is 201 Å². The van der Waals surface area contributed by atoms with E-state index in [1.165, 1.54) is 44.7 Å². The Balaban J connectivity index is 0.000000251. The molecule has 6 aromatic heterocycles. The summed E-state index contributed by atoms with van der Waals surface area (Å²) < 4.78 is 36.3. The molecule has 6 aliphatic rings. The second kappa shape index (κ2) is 56.1. The fourth-order valence-corrected chi connectivity index (χ4v) is 12.9. The standard InChI is InChI=1S/C16H18N2O2.C15H16N2O2.C13H12N2O2.C10H13IN2O2.C9H11IN2O2.2C6H7BO2.C6H7IN2O2.C3H7BO2.2K.2H2O/c1-2-20-16(19)14-11-18(10-12-8-9-12)17-15(14)13-6-4-3-5-7-13;1-2-19-15(18)13-10-17(12-8-9-12)16-14(13)11-6-4-3-5-7-11;16-13(17)11-8-15(10-6-7-10)14-12(11)9-4-2-1-3-5-9;1-2-15-10(14)8-6-13(12-9(8)11)5-7-3-4-7;1-2-14-9(13)7-5-12(6-3-4-6)11-8(7)10;2*8-7(9)6-4-2-1-3-5-6;1-2-11-6(10)4-3-8-9-5(4)7;5-4(6)3-1-2-3;;;;/h3-7,11-12H,2,8-10H2,1H3;3-7,10,12H,2,8-9H2,1H3;1-5,8,10H,6-7H2,(H,16,17);6-7H,2-5H2,1H3;5-6H,2-4H2,1H3;2*1-5,8-9H;3H,2H2,1H3,(H,8,9);3,5-6H,1-2H2;;;2*1H2/q;;;;;;;;;2*+1;;/p-2. The van der Waals surface area contributed by atoms with Gasteiger partial charge in [-0.3, -0.25) is 28.5 Å². The van der Waals surface area contributed by atoms with Crippen LogP contribution >= 0.6 is 67.8 Å². The van der Waals surface area contributed by atoms with Gasteiger partial charge in [0.2, 0.25) is 0 Å². The number of rotatable bonds is 24. The van der Waals surface area contributed by atoms with E-state index in [2.05, 4.69) is 80.9 Å². The van der Waals surface area contributed by atoms with E-state index < -0.39 is 27.3 Å². The normalized spacial score (nSPS) is 13.3. The number of aromatic nitrogens is 12. The minimum Gasteiger partial charge on any atom is -0.870 e. The molecule has 5 aromatic carbocycles. The zero-order chi connectivity index (χ0) is 86.2. The summed E-state index contributed by atoms with van der Waals surface area (Å²) in [6.45, 7) is 12.8. The van der Waals surface area contributed by atoms with Crippen molar-refractivity contribution in [2.75, 3.05) is 33.0 Å². The van der Waals surface area contributed by atoms with E-state index in [0.29, 0.717) is 117 Å². The Labute approximate surface area is 846 Å². The van der Waals surface area contributed by atoms with Gasteiger partial charge in [-0.05, 0) is 195 Å². The average molecular weight is 2090 g/mol. The predicted molar refractivity (Wildman–Crippen MR) is 481 cm³/mol. The third-order valence-electron chi connectivity index (χ3n) is 18.4. The fraction of sp³-hybridized carbons (Fsp3) is 0.357. The van der Waals surface area contributed by atoms with Crippen molar-refractivity contribution in [3.05, 3.63) is 233 Å². The van der Waals surface area contributed by atoms with Gasteiger partial charge < -0.3 is 69.9 Å². The molecule has 0 spiro atoms. The van der Waals surface area contributed by atoms with Crippen molar-refractivity contribution in [2.24, 2.45) is 11.8 Å². The molecule has 0 radical (unpaired) electrons. The Morgan fingerprint density at radius 3 is 1.00 bits per heavy atom. The smallest absolute Gasteiger partial charge is 0.870 e. The molecule has 0 atom stereocenters. The second-order valence-corrected chi connectivity index (χ2v) is 31.4. The molecule has 40 heteroatoms. The van der Waals surface area contributed by atoms with E-state index >= 15 is 0 Å². The van der Waals surface area contributed by atoms with Gasteiger partial charge in [-0.15, -0.1) is 0 Å². The van der Waals surface area contributed by atoms with E-state index in [1.54, 1.807) is 92.6 Å². The minimum atomic E-state index is -1.34. The van der Waals surface area contributed by atoms with Gasteiger partial charge in [0.1, 0.15) is 61.6 Å². The number of benzene rings is 5. The summed E-state index contributed by atoms with van der Waals surface area (Å²) in [5, 5.41) is 88.5. The van der Waals surface area contributed by atoms with Gasteiger partial charge in [0.25, 0.3) is 0 Å². The predicted octanol–water partition coefficient (Wildman–Crippen LogP) is 6.06. The third kappa shape index (κ3) is 36.2. The van der Waals surface area contributed by atoms with Crippen molar-refractivity contribution in [1.29, 1.82) is 0 Å². The number of carbonyl (C=O) groups is 6. The minimum absolute atomic E-state index is 0. The Kier molecular flexibility index (Phi) is 48.9. The van der Waals surface area contributed by atoms with Crippen LogP contribution in [-0.2, 0) is 36.8 Å². The molecule has 0 amide bonds. The number of nitrogens with zero attached hydrogens (tertiary/aromatic N) is 11. The molecule has 124 heavy (non-hydrogen) atoms. The number of H-pyrrole nitrogens is 1. The van der Waals surface area contributed by atoms with Crippen LogP contribution in [0.25, 0.3) is 33.8 Å². The molecular formula is C84H100B3I3K2N12O20. The second-order valence-electron chi connectivity index (χ2n) is 28.2. The summed E-state index contributed by atoms with van der Waals surface area (Å²) in [5.41, 5.74) is 8.83. The van der Waals surface area contributed by atoms with Crippen LogP contribution in [0.4, 0.5) is 0 Å². The number of hydrogen-bond donors (Lipinski definition) is 8. The van der Waals surface area contributed by atoms with Crippen LogP contribution in [0.2, 0.25) is 5.82 Å². The number of hydrogen-bond acceptors (Lipinski definition) is 25. The van der Waals surface area contributed by atoms with Gasteiger partial charge in [0, 0.05) is 60.8 Å². The monoisotopic (exact) mass is 2090 g/mol. The van der Waals surface area contributed by atoms with Crippen LogP contribution in [0.15, 0.2) is 189 Å². The molecule has 6 heterocycles. The molecule has 0 aliphatic heterocycles. The summed E-state index contributed by atoms with van der Waals surface area (Å²) in [4.78, 5) is 69.3. The molecule has 0 saturated heterocycles. The number of carboxylic acid groups (broad SMARTS) is 1. The summed E-state index contributed by atoms with van der Waals surface area (Å²) >= 11 is 6.13. The fourth-order valence-electron chi connectivity index (χ4n) is 11.1.